The van der Waals surface area contributed by atoms with Crippen LogP contribution in [0.15, 0.2) is 28.7 Å². The zero-order valence-corrected chi connectivity index (χ0v) is 11.1. The van der Waals surface area contributed by atoms with Crippen LogP contribution in [0, 0.1) is 5.82 Å². The molecule has 0 heterocycles. The molecule has 96 valence electrons. The lowest BCUT2D eigenvalue weighted by molar-refractivity contribution is -0.140. The van der Waals surface area contributed by atoms with Crippen LogP contribution in [0.1, 0.15) is 12.5 Å². The van der Waals surface area contributed by atoms with Gasteiger partial charge in [0.05, 0.1) is 0 Å². The van der Waals surface area contributed by atoms with Crippen LogP contribution < -0.4 is 5.32 Å². The molecule has 1 aromatic carbocycles. The van der Waals surface area contributed by atoms with Gasteiger partial charge >= 0.3 is 5.97 Å². The maximum Gasteiger partial charge on any atom is 0.325 e. The van der Waals surface area contributed by atoms with Crippen LogP contribution in [0.25, 0.3) is 6.08 Å². The molecule has 0 spiro atoms. The summed E-state index contributed by atoms with van der Waals surface area (Å²) < 4.78 is 14.0. The van der Waals surface area contributed by atoms with E-state index in [0.29, 0.717) is 4.47 Å². The quantitative estimate of drug-likeness (QED) is 0.837. The van der Waals surface area contributed by atoms with Gasteiger partial charge in [0, 0.05) is 16.1 Å². The molecule has 0 bridgehead atoms. The van der Waals surface area contributed by atoms with E-state index in [1.54, 1.807) is 6.07 Å². The fraction of sp³-hybridized carbons (Fsp3) is 0.167. The smallest absolute Gasteiger partial charge is 0.325 e. The van der Waals surface area contributed by atoms with Crippen molar-refractivity contribution in [3.63, 3.8) is 0 Å². The second-order valence-corrected chi connectivity index (χ2v) is 4.48. The Bertz CT molecular complexity index is 502. The third-order valence-corrected chi connectivity index (χ3v) is 2.59. The standard InChI is InChI=1S/C12H11BrFNO3/c1-7(12(17)18)15-11(16)5-2-8-6-9(13)3-4-10(8)14/h2-7H,1H3,(H,15,16)(H,17,18)/t7-/m1/s1. The number of nitrogens with one attached hydrogen (secondary N) is 1. The van der Waals surface area contributed by atoms with Gasteiger partial charge in [0.1, 0.15) is 11.9 Å². The van der Waals surface area contributed by atoms with E-state index >= 15 is 0 Å². The van der Waals surface area contributed by atoms with Gasteiger partial charge < -0.3 is 10.4 Å². The number of aliphatic carboxylic acids is 1. The first-order valence-electron chi connectivity index (χ1n) is 5.06. The number of carbonyl (C=O) groups is 2. The lowest BCUT2D eigenvalue weighted by atomic mass is 10.2. The van der Waals surface area contributed by atoms with Gasteiger partial charge in [-0.05, 0) is 31.2 Å². The van der Waals surface area contributed by atoms with Crippen LogP contribution in [0.2, 0.25) is 0 Å². The SMILES string of the molecule is C[C@@H](NC(=O)C=Cc1cc(Br)ccc1F)C(=O)O. The summed E-state index contributed by atoms with van der Waals surface area (Å²) in [6.45, 7) is 1.34. The summed E-state index contributed by atoms with van der Waals surface area (Å²) in [6, 6.07) is 3.33. The predicted molar refractivity (Wildman–Crippen MR) is 68.4 cm³/mol. The zero-order chi connectivity index (χ0) is 13.7. The van der Waals surface area contributed by atoms with Crippen molar-refractivity contribution < 1.29 is 19.1 Å². The van der Waals surface area contributed by atoms with E-state index in [4.69, 9.17) is 5.11 Å². The fourth-order valence-electron chi connectivity index (χ4n) is 1.13. The Morgan fingerprint density at radius 3 is 2.78 bits per heavy atom. The monoisotopic (exact) mass is 315 g/mol. The fourth-order valence-corrected chi connectivity index (χ4v) is 1.51. The topological polar surface area (TPSA) is 66.4 Å². The maximum absolute atomic E-state index is 13.3. The lowest BCUT2D eigenvalue weighted by Gasteiger charge is -2.06. The molecule has 1 amide bonds. The highest BCUT2D eigenvalue weighted by Crippen LogP contribution is 2.16. The number of halogens is 2. The summed E-state index contributed by atoms with van der Waals surface area (Å²) in [6.07, 6.45) is 2.37. The molecule has 0 aromatic heterocycles. The second kappa shape index (κ2) is 6.30. The van der Waals surface area contributed by atoms with Crippen molar-refractivity contribution >= 4 is 33.9 Å². The highest BCUT2D eigenvalue weighted by atomic mass is 79.9. The van der Waals surface area contributed by atoms with Gasteiger partial charge in [-0.1, -0.05) is 15.9 Å². The van der Waals surface area contributed by atoms with Gasteiger partial charge in [-0.3, -0.25) is 9.59 Å². The van der Waals surface area contributed by atoms with Gasteiger partial charge in [-0.2, -0.15) is 0 Å². The number of amides is 1. The average molecular weight is 316 g/mol. The van der Waals surface area contributed by atoms with E-state index in [0.717, 1.165) is 6.08 Å². The molecule has 18 heavy (non-hydrogen) atoms. The summed E-state index contributed by atoms with van der Waals surface area (Å²) in [5.41, 5.74) is 0.238. The minimum Gasteiger partial charge on any atom is -0.480 e. The van der Waals surface area contributed by atoms with Crippen LogP contribution in [0.5, 0.6) is 0 Å². The van der Waals surface area contributed by atoms with E-state index in [2.05, 4.69) is 21.2 Å². The molecular formula is C12H11BrFNO3. The first kappa shape index (κ1) is 14.4. The Morgan fingerprint density at radius 2 is 2.17 bits per heavy atom. The minimum atomic E-state index is -1.13. The van der Waals surface area contributed by atoms with E-state index in [1.165, 1.54) is 25.1 Å². The summed E-state index contributed by atoms with van der Waals surface area (Å²) in [5.74, 6) is -2.19. The zero-order valence-electron chi connectivity index (χ0n) is 9.48. The first-order chi connectivity index (χ1) is 8.40. The Hall–Kier alpha value is -1.69. The molecule has 2 N–H and O–H groups in total. The number of carbonyl (C=O) groups excluding carboxylic acids is 1. The average Bonchev–Trinajstić information content (AvgIpc) is 2.30. The Kier molecular flexibility index (Phi) is 5.03. The van der Waals surface area contributed by atoms with Crippen molar-refractivity contribution in [2.45, 2.75) is 13.0 Å². The van der Waals surface area contributed by atoms with Gasteiger partial charge in [0.15, 0.2) is 0 Å². The number of carboxylic acids is 1. The van der Waals surface area contributed by atoms with Crippen molar-refractivity contribution in [3.8, 4) is 0 Å². The predicted octanol–water partition coefficient (Wildman–Crippen LogP) is 2.19. The molecule has 1 atom stereocenters. The molecule has 0 fully saturated rings. The number of hydrogen-bond donors (Lipinski definition) is 2. The number of benzene rings is 1. The molecule has 0 saturated heterocycles. The maximum atomic E-state index is 13.3. The van der Waals surface area contributed by atoms with Crippen molar-refractivity contribution in [2.75, 3.05) is 0 Å². The molecule has 0 aliphatic heterocycles. The summed E-state index contributed by atoms with van der Waals surface area (Å²) >= 11 is 3.18. The van der Waals surface area contributed by atoms with Crippen molar-refractivity contribution in [2.24, 2.45) is 0 Å². The van der Waals surface area contributed by atoms with Gasteiger partial charge in [-0.15, -0.1) is 0 Å². The van der Waals surface area contributed by atoms with E-state index < -0.39 is 23.7 Å². The molecule has 0 aliphatic carbocycles. The van der Waals surface area contributed by atoms with Crippen LogP contribution >= 0.6 is 15.9 Å². The number of carboxylic acid groups (broad SMARTS) is 1. The van der Waals surface area contributed by atoms with Gasteiger partial charge in [0.2, 0.25) is 5.91 Å². The Balaban J connectivity index is 2.72. The van der Waals surface area contributed by atoms with Crippen LogP contribution in [-0.2, 0) is 9.59 Å². The summed E-state index contributed by atoms with van der Waals surface area (Å²) in [4.78, 5) is 21.8. The van der Waals surface area contributed by atoms with Gasteiger partial charge in [-0.25, -0.2) is 4.39 Å². The molecule has 0 saturated carbocycles. The van der Waals surface area contributed by atoms with Crippen LogP contribution in [-0.4, -0.2) is 23.0 Å². The molecule has 6 heteroatoms. The van der Waals surface area contributed by atoms with Crippen molar-refractivity contribution in [1.29, 1.82) is 0 Å². The number of hydrogen-bond acceptors (Lipinski definition) is 2. The second-order valence-electron chi connectivity index (χ2n) is 3.57. The van der Waals surface area contributed by atoms with Crippen LogP contribution in [0.3, 0.4) is 0 Å². The molecule has 4 nitrogen and oxygen atoms in total. The van der Waals surface area contributed by atoms with Gasteiger partial charge in [0.25, 0.3) is 0 Å². The Morgan fingerprint density at radius 1 is 1.50 bits per heavy atom. The van der Waals surface area contributed by atoms with E-state index in [9.17, 15) is 14.0 Å². The molecule has 0 radical (unpaired) electrons. The van der Waals surface area contributed by atoms with E-state index in [-0.39, 0.29) is 5.56 Å². The number of rotatable bonds is 4. The normalized spacial score (nSPS) is 12.4. The molecule has 1 rings (SSSR count). The summed E-state index contributed by atoms with van der Waals surface area (Å²) in [5, 5.41) is 10.8. The lowest BCUT2D eigenvalue weighted by Crippen LogP contribution is -2.37. The third-order valence-electron chi connectivity index (χ3n) is 2.10. The third kappa shape index (κ3) is 4.29. The molecule has 0 aliphatic rings. The highest BCUT2D eigenvalue weighted by molar-refractivity contribution is 9.10. The molecule has 1 aromatic rings. The summed E-state index contributed by atoms with van der Waals surface area (Å²) in [7, 11) is 0. The highest BCUT2D eigenvalue weighted by Gasteiger charge is 2.11. The van der Waals surface area contributed by atoms with Crippen LogP contribution in [0.4, 0.5) is 4.39 Å². The van der Waals surface area contributed by atoms with E-state index in [1.807, 2.05) is 0 Å². The minimum absolute atomic E-state index is 0.238. The largest absolute Gasteiger partial charge is 0.480 e. The Labute approximate surface area is 112 Å². The van der Waals surface area contributed by atoms with Crippen molar-refractivity contribution in [1.82, 2.24) is 5.32 Å². The first-order valence-corrected chi connectivity index (χ1v) is 5.86. The van der Waals surface area contributed by atoms with Crippen molar-refractivity contribution in [3.05, 3.63) is 40.1 Å². The molecular weight excluding hydrogens is 305 g/mol. The molecule has 0 unspecified atom stereocenters.